The SMILES string of the molecule is COc1cc(OCc2ccccc2)c2c(O)c3c(c4c2c1C1(C4)C(C)=CCCC1(C)C)C(OC)(OC)C=CC3=O. The number of ketones is 1. The molecule has 6 heteroatoms. The van der Waals surface area contributed by atoms with Crippen molar-refractivity contribution in [3.05, 3.63) is 88.0 Å². The van der Waals surface area contributed by atoms with Crippen LogP contribution in [0.4, 0.5) is 0 Å². The third-order valence-corrected chi connectivity index (χ3v) is 9.61. The molecule has 0 fully saturated rings. The highest BCUT2D eigenvalue weighted by Gasteiger charge is 2.57. The van der Waals surface area contributed by atoms with Crippen LogP contribution in [0.2, 0.25) is 0 Å². The molecule has 0 aromatic heterocycles. The first-order valence-corrected chi connectivity index (χ1v) is 13.8. The van der Waals surface area contributed by atoms with Crippen molar-refractivity contribution in [1.29, 1.82) is 0 Å². The van der Waals surface area contributed by atoms with Crippen LogP contribution < -0.4 is 9.47 Å². The summed E-state index contributed by atoms with van der Waals surface area (Å²) in [5.74, 6) is -0.568. The standard InChI is InChI=1S/C34H36O6/c1-20-11-10-15-32(2,3)33(20)18-22-26-28(31(36)27-23(35)14-16-34(38-5,39-6)29(22)27)24(17-25(37-4)30(26)33)40-19-21-12-8-7-9-13-21/h7-9,11-14,16-17,36H,10,15,18-19H2,1-6H3. The summed E-state index contributed by atoms with van der Waals surface area (Å²) in [6.45, 7) is 7.10. The fraction of sp³-hybridized carbons (Fsp3) is 0.382. The third kappa shape index (κ3) is 3.39. The Bertz CT molecular complexity index is 1590. The van der Waals surface area contributed by atoms with Crippen molar-refractivity contribution in [3.63, 3.8) is 0 Å². The summed E-state index contributed by atoms with van der Waals surface area (Å²) in [5.41, 5.74) is 4.38. The zero-order valence-electron chi connectivity index (χ0n) is 24.0. The van der Waals surface area contributed by atoms with Gasteiger partial charge in [0.1, 0.15) is 23.9 Å². The van der Waals surface area contributed by atoms with E-state index >= 15 is 0 Å². The highest BCUT2D eigenvalue weighted by molar-refractivity contribution is 6.16. The zero-order chi connectivity index (χ0) is 28.4. The van der Waals surface area contributed by atoms with Gasteiger partial charge in [0.25, 0.3) is 0 Å². The lowest BCUT2D eigenvalue weighted by molar-refractivity contribution is -0.179. The molecule has 0 radical (unpaired) electrons. The van der Waals surface area contributed by atoms with Gasteiger partial charge in [-0.1, -0.05) is 55.8 Å². The first-order valence-electron chi connectivity index (χ1n) is 13.8. The van der Waals surface area contributed by atoms with Gasteiger partial charge in [-0.2, -0.15) is 0 Å². The first-order chi connectivity index (χ1) is 19.2. The molecule has 3 aliphatic rings. The van der Waals surface area contributed by atoms with E-state index in [4.69, 9.17) is 18.9 Å². The highest BCUT2D eigenvalue weighted by atomic mass is 16.7. The molecule has 3 aliphatic carbocycles. The number of phenolic OH excluding ortho intramolecular Hbond substituents is 1. The Morgan fingerprint density at radius 2 is 1.70 bits per heavy atom. The Hall–Kier alpha value is -3.61. The van der Waals surface area contributed by atoms with Crippen LogP contribution in [0.25, 0.3) is 10.8 Å². The molecule has 1 atom stereocenters. The van der Waals surface area contributed by atoms with E-state index in [1.54, 1.807) is 27.4 Å². The van der Waals surface area contributed by atoms with E-state index < -0.39 is 11.2 Å². The summed E-state index contributed by atoms with van der Waals surface area (Å²) >= 11 is 0. The van der Waals surface area contributed by atoms with Gasteiger partial charge in [-0.05, 0) is 54.9 Å². The summed E-state index contributed by atoms with van der Waals surface area (Å²) < 4.78 is 24.5. The molecule has 0 saturated carbocycles. The maximum absolute atomic E-state index is 13.5. The number of carbonyl (C=O) groups excluding carboxylic acids is 1. The Kier molecular flexibility index (Phi) is 6.13. The van der Waals surface area contributed by atoms with Crippen molar-refractivity contribution in [2.75, 3.05) is 21.3 Å². The second-order valence-corrected chi connectivity index (χ2v) is 11.7. The minimum Gasteiger partial charge on any atom is -0.506 e. The van der Waals surface area contributed by atoms with Gasteiger partial charge in [0.05, 0.1) is 18.1 Å². The van der Waals surface area contributed by atoms with Gasteiger partial charge in [-0.25, -0.2) is 0 Å². The van der Waals surface area contributed by atoms with Gasteiger partial charge < -0.3 is 24.1 Å². The topological polar surface area (TPSA) is 74.2 Å². The summed E-state index contributed by atoms with van der Waals surface area (Å²) in [6.07, 6.45) is 7.98. The van der Waals surface area contributed by atoms with Gasteiger partial charge in [-0.3, -0.25) is 4.79 Å². The third-order valence-electron chi connectivity index (χ3n) is 9.61. The Balaban J connectivity index is 1.75. The van der Waals surface area contributed by atoms with E-state index in [-0.39, 0.29) is 22.5 Å². The number of carbonyl (C=O) groups is 1. The van der Waals surface area contributed by atoms with Gasteiger partial charge in [0.2, 0.25) is 5.79 Å². The first kappa shape index (κ1) is 26.6. The number of benzene rings is 3. The number of phenols is 1. The van der Waals surface area contributed by atoms with Crippen LogP contribution in [-0.4, -0.2) is 32.2 Å². The van der Waals surface area contributed by atoms with E-state index in [1.807, 2.05) is 36.4 Å². The fourth-order valence-corrected chi connectivity index (χ4v) is 7.54. The Labute approximate surface area is 235 Å². The summed E-state index contributed by atoms with van der Waals surface area (Å²) in [5, 5.41) is 13.4. The normalized spacial score (nSPS) is 21.9. The zero-order valence-corrected chi connectivity index (χ0v) is 24.0. The molecule has 0 saturated heterocycles. The molecule has 0 heterocycles. The Morgan fingerprint density at radius 1 is 0.975 bits per heavy atom. The lowest BCUT2D eigenvalue weighted by Crippen LogP contribution is -2.45. The summed E-state index contributed by atoms with van der Waals surface area (Å²) in [4.78, 5) is 13.5. The lowest BCUT2D eigenvalue weighted by atomic mass is 9.54. The van der Waals surface area contributed by atoms with Crippen molar-refractivity contribution in [1.82, 2.24) is 0 Å². The molecule has 1 N–H and O–H groups in total. The number of hydrogen-bond donors (Lipinski definition) is 1. The number of aromatic hydroxyl groups is 1. The molecule has 3 aromatic carbocycles. The van der Waals surface area contributed by atoms with Gasteiger partial charge in [0.15, 0.2) is 5.78 Å². The molecule has 6 rings (SSSR count). The second kappa shape index (κ2) is 9.22. The van der Waals surface area contributed by atoms with Crippen molar-refractivity contribution >= 4 is 16.6 Å². The molecule has 1 unspecified atom stereocenters. The largest absolute Gasteiger partial charge is 0.506 e. The molecule has 1 spiro atoms. The number of ether oxygens (including phenoxy) is 4. The van der Waals surface area contributed by atoms with E-state index in [0.29, 0.717) is 35.5 Å². The average Bonchev–Trinajstić information content (AvgIpc) is 3.32. The van der Waals surface area contributed by atoms with Gasteiger partial charge >= 0.3 is 0 Å². The van der Waals surface area contributed by atoms with E-state index in [0.717, 1.165) is 34.9 Å². The van der Waals surface area contributed by atoms with Crippen LogP contribution in [0.15, 0.2) is 60.2 Å². The minimum atomic E-state index is -1.32. The smallest absolute Gasteiger partial charge is 0.216 e. The number of hydrogen-bond acceptors (Lipinski definition) is 6. The molecule has 208 valence electrons. The Morgan fingerprint density at radius 3 is 2.35 bits per heavy atom. The maximum Gasteiger partial charge on any atom is 0.216 e. The number of allylic oxidation sites excluding steroid dienone is 3. The van der Waals surface area contributed by atoms with Crippen LogP contribution in [0.3, 0.4) is 0 Å². The van der Waals surface area contributed by atoms with Crippen molar-refractivity contribution < 1.29 is 28.8 Å². The van der Waals surface area contributed by atoms with Crippen LogP contribution in [0.5, 0.6) is 17.2 Å². The average molecular weight is 541 g/mol. The van der Waals surface area contributed by atoms with Crippen molar-refractivity contribution in [3.8, 4) is 17.2 Å². The second-order valence-electron chi connectivity index (χ2n) is 11.7. The molecule has 40 heavy (non-hydrogen) atoms. The predicted octanol–water partition coefficient (Wildman–Crippen LogP) is 6.89. The van der Waals surface area contributed by atoms with Crippen LogP contribution in [0, 0.1) is 5.41 Å². The van der Waals surface area contributed by atoms with Crippen molar-refractivity contribution in [2.24, 2.45) is 5.41 Å². The molecule has 0 aliphatic heterocycles. The summed E-state index contributed by atoms with van der Waals surface area (Å²) in [7, 11) is 4.80. The highest BCUT2D eigenvalue weighted by Crippen LogP contribution is 2.65. The van der Waals surface area contributed by atoms with E-state index in [2.05, 4.69) is 26.8 Å². The van der Waals surface area contributed by atoms with Gasteiger partial charge in [-0.15, -0.1) is 0 Å². The quantitative estimate of drug-likeness (QED) is 0.271. The van der Waals surface area contributed by atoms with Crippen molar-refractivity contribution in [2.45, 2.75) is 57.8 Å². The van der Waals surface area contributed by atoms with E-state index in [1.165, 1.54) is 11.6 Å². The molecule has 0 bridgehead atoms. The van der Waals surface area contributed by atoms with Crippen LogP contribution in [-0.2, 0) is 33.7 Å². The molecule has 3 aromatic rings. The van der Waals surface area contributed by atoms with E-state index in [9.17, 15) is 9.90 Å². The molecule has 0 amide bonds. The monoisotopic (exact) mass is 540 g/mol. The molecular formula is C34H36O6. The summed E-state index contributed by atoms with van der Waals surface area (Å²) in [6, 6.07) is 11.8. The van der Waals surface area contributed by atoms with Crippen LogP contribution in [0.1, 0.15) is 66.2 Å². The maximum atomic E-state index is 13.5. The predicted molar refractivity (Wildman–Crippen MR) is 154 cm³/mol. The van der Waals surface area contributed by atoms with Crippen LogP contribution >= 0.6 is 0 Å². The van der Waals surface area contributed by atoms with Gasteiger partial charge in [0, 0.05) is 42.2 Å². The number of methoxy groups -OCH3 is 3. The number of rotatable bonds is 6. The molecule has 6 nitrogen and oxygen atoms in total. The minimum absolute atomic E-state index is 0.124. The fourth-order valence-electron chi connectivity index (χ4n) is 7.54. The number of fused-ring (bicyclic) bond motifs is 3. The lowest BCUT2D eigenvalue weighted by Gasteiger charge is -2.49. The molecular weight excluding hydrogens is 504 g/mol.